The van der Waals surface area contributed by atoms with Gasteiger partial charge in [0, 0.05) is 18.8 Å². The fraction of sp³-hybridized carbons (Fsp3) is 0.385. The molecule has 0 fully saturated rings. The van der Waals surface area contributed by atoms with Crippen molar-refractivity contribution >= 4 is 11.8 Å². The number of carboxylic acid groups (broad SMARTS) is 1. The number of aliphatic carboxylic acids is 1. The van der Waals surface area contributed by atoms with Crippen LogP contribution in [0.25, 0.3) is 0 Å². The van der Waals surface area contributed by atoms with Crippen LogP contribution < -0.4 is 10.1 Å². The number of carbonyl (C=O) groups is 1. The second-order valence-electron chi connectivity index (χ2n) is 4.45. The van der Waals surface area contributed by atoms with E-state index in [9.17, 15) is 9.90 Å². The van der Waals surface area contributed by atoms with E-state index in [-0.39, 0.29) is 0 Å². The van der Waals surface area contributed by atoms with Crippen LogP contribution in [0.1, 0.15) is 24.9 Å². The maximum absolute atomic E-state index is 11.4. The van der Waals surface area contributed by atoms with E-state index in [0.29, 0.717) is 23.9 Å². The highest BCUT2D eigenvalue weighted by atomic mass is 16.5. The Balaban J connectivity index is 2.15. The van der Waals surface area contributed by atoms with E-state index in [0.717, 1.165) is 6.42 Å². The van der Waals surface area contributed by atoms with Crippen LogP contribution >= 0.6 is 0 Å². The number of aromatic nitrogens is 4. The predicted octanol–water partition coefficient (Wildman–Crippen LogP) is 1.24. The van der Waals surface area contributed by atoms with Crippen molar-refractivity contribution in [3.8, 4) is 5.88 Å². The summed E-state index contributed by atoms with van der Waals surface area (Å²) in [6, 6.07) is -0.950. The molecule has 0 amide bonds. The summed E-state index contributed by atoms with van der Waals surface area (Å²) >= 11 is 0. The van der Waals surface area contributed by atoms with Gasteiger partial charge in [0.15, 0.2) is 6.04 Å². The third-order valence-corrected chi connectivity index (χ3v) is 2.66. The summed E-state index contributed by atoms with van der Waals surface area (Å²) < 4.78 is 6.91. The molecule has 0 bridgehead atoms. The Morgan fingerprint density at radius 3 is 2.90 bits per heavy atom. The second-order valence-corrected chi connectivity index (χ2v) is 4.45. The minimum atomic E-state index is -1.02. The number of anilines is 1. The third kappa shape index (κ3) is 3.91. The largest absolute Gasteiger partial charge is 0.479 e. The Morgan fingerprint density at radius 2 is 2.29 bits per heavy atom. The standard InChI is InChI=1S/C13H17N5O3/c1-3-4-21-11-7-14-6-10(16-11)17-12(13(19)20)9-5-15-18(2)8-9/h5-8,12H,3-4H2,1-2H3,(H,16,17)(H,19,20). The van der Waals surface area contributed by atoms with E-state index in [2.05, 4.69) is 20.4 Å². The zero-order chi connectivity index (χ0) is 15.2. The van der Waals surface area contributed by atoms with Crippen LogP contribution in [-0.4, -0.2) is 37.4 Å². The molecule has 0 aliphatic carbocycles. The molecule has 0 radical (unpaired) electrons. The number of nitrogens with zero attached hydrogens (tertiary/aromatic N) is 4. The van der Waals surface area contributed by atoms with Crippen LogP contribution in [0.5, 0.6) is 5.88 Å². The minimum absolute atomic E-state index is 0.333. The van der Waals surface area contributed by atoms with Gasteiger partial charge >= 0.3 is 5.97 Å². The maximum Gasteiger partial charge on any atom is 0.330 e. The number of nitrogens with one attached hydrogen (secondary N) is 1. The van der Waals surface area contributed by atoms with Crippen LogP contribution in [0.3, 0.4) is 0 Å². The molecule has 21 heavy (non-hydrogen) atoms. The summed E-state index contributed by atoms with van der Waals surface area (Å²) in [5.41, 5.74) is 0.534. The molecule has 2 N–H and O–H groups in total. The Kier molecular flexibility index (Phi) is 4.70. The number of carboxylic acids is 1. The van der Waals surface area contributed by atoms with Crippen molar-refractivity contribution in [1.29, 1.82) is 0 Å². The fourth-order valence-electron chi connectivity index (χ4n) is 1.72. The minimum Gasteiger partial charge on any atom is -0.479 e. The molecule has 0 saturated heterocycles. The molecule has 2 aromatic heterocycles. The summed E-state index contributed by atoms with van der Waals surface area (Å²) in [7, 11) is 1.72. The van der Waals surface area contributed by atoms with Gasteiger partial charge in [-0.3, -0.25) is 9.67 Å². The summed E-state index contributed by atoms with van der Waals surface area (Å²) in [5.74, 6) is -0.332. The number of rotatable bonds is 7. The fourth-order valence-corrected chi connectivity index (χ4v) is 1.72. The molecule has 0 aliphatic rings. The van der Waals surface area contributed by atoms with Crippen molar-refractivity contribution in [2.45, 2.75) is 19.4 Å². The van der Waals surface area contributed by atoms with Crippen molar-refractivity contribution in [3.05, 3.63) is 30.4 Å². The highest BCUT2D eigenvalue weighted by Gasteiger charge is 2.21. The van der Waals surface area contributed by atoms with Crippen molar-refractivity contribution in [3.63, 3.8) is 0 Å². The molecule has 1 atom stereocenters. The average Bonchev–Trinajstić information content (AvgIpc) is 2.89. The number of ether oxygens (including phenoxy) is 1. The molecule has 1 unspecified atom stereocenters. The Morgan fingerprint density at radius 1 is 1.48 bits per heavy atom. The first kappa shape index (κ1) is 14.8. The summed E-state index contributed by atoms with van der Waals surface area (Å²) in [6.07, 6.45) is 6.92. The van der Waals surface area contributed by atoms with E-state index in [1.807, 2.05) is 6.92 Å². The van der Waals surface area contributed by atoms with Gasteiger partial charge in [-0.05, 0) is 6.42 Å². The van der Waals surface area contributed by atoms with Crippen molar-refractivity contribution < 1.29 is 14.6 Å². The number of hydrogen-bond donors (Lipinski definition) is 2. The normalized spacial score (nSPS) is 11.9. The van der Waals surface area contributed by atoms with Crippen molar-refractivity contribution in [1.82, 2.24) is 19.7 Å². The van der Waals surface area contributed by atoms with Gasteiger partial charge < -0.3 is 15.2 Å². The summed E-state index contributed by atoms with van der Waals surface area (Å²) in [6.45, 7) is 2.52. The van der Waals surface area contributed by atoms with Gasteiger partial charge in [-0.15, -0.1) is 0 Å². The van der Waals surface area contributed by atoms with Gasteiger partial charge in [-0.25, -0.2) is 4.79 Å². The lowest BCUT2D eigenvalue weighted by atomic mass is 10.1. The molecule has 0 saturated carbocycles. The van der Waals surface area contributed by atoms with Crippen molar-refractivity contribution in [2.24, 2.45) is 7.05 Å². The number of aryl methyl sites for hydroxylation is 1. The van der Waals surface area contributed by atoms with E-state index in [1.165, 1.54) is 18.6 Å². The summed E-state index contributed by atoms with van der Waals surface area (Å²) in [4.78, 5) is 19.6. The molecule has 2 aromatic rings. The first-order valence-electron chi connectivity index (χ1n) is 6.53. The molecular weight excluding hydrogens is 274 g/mol. The lowest BCUT2D eigenvalue weighted by Crippen LogP contribution is -2.21. The molecule has 112 valence electrons. The third-order valence-electron chi connectivity index (χ3n) is 2.66. The second kappa shape index (κ2) is 6.69. The first-order chi connectivity index (χ1) is 10.1. The van der Waals surface area contributed by atoms with Gasteiger partial charge in [0.1, 0.15) is 5.82 Å². The average molecular weight is 291 g/mol. The van der Waals surface area contributed by atoms with Gasteiger partial charge in [0.05, 0.1) is 25.2 Å². The highest BCUT2D eigenvalue weighted by molar-refractivity contribution is 5.78. The lowest BCUT2D eigenvalue weighted by Gasteiger charge is -2.13. The lowest BCUT2D eigenvalue weighted by molar-refractivity contribution is -0.138. The van der Waals surface area contributed by atoms with Crippen LogP contribution in [0, 0.1) is 0 Å². The van der Waals surface area contributed by atoms with E-state index < -0.39 is 12.0 Å². The predicted molar refractivity (Wildman–Crippen MR) is 75.0 cm³/mol. The van der Waals surface area contributed by atoms with Gasteiger partial charge in [-0.2, -0.15) is 10.1 Å². The summed E-state index contributed by atoms with van der Waals surface area (Å²) in [5, 5.41) is 16.1. The van der Waals surface area contributed by atoms with Crippen LogP contribution in [0.4, 0.5) is 5.82 Å². The van der Waals surface area contributed by atoms with Crippen LogP contribution in [0.2, 0.25) is 0 Å². The molecule has 2 rings (SSSR count). The molecule has 8 heteroatoms. The van der Waals surface area contributed by atoms with Gasteiger partial charge in [-0.1, -0.05) is 6.92 Å². The Labute approximate surface area is 121 Å². The Bertz CT molecular complexity index is 613. The van der Waals surface area contributed by atoms with Gasteiger partial charge in [0.2, 0.25) is 5.88 Å². The molecule has 8 nitrogen and oxygen atoms in total. The Hall–Kier alpha value is -2.64. The van der Waals surface area contributed by atoms with Crippen LogP contribution in [0.15, 0.2) is 24.8 Å². The van der Waals surface area contributed by atoms with Crippen molar-refractivity contribution in [2.75, 3.05) is 11.9 Å². The molecule has 0 aromatic carbocycles. The molecule has 0 spiro atoms. The molecule has 0 aliphatic heterocycles. The molecule has 2 heterocycles. The SMILES string of the molecule is CCCOc1cncc(NC(C(=O)O)c2cnn(C)c2)n1. The van der Waals surface area contributed by atoms with Gasteiger partial charge in [0.25, 0.3) is 0 Å². The monoisotopic (exact) mass is 291 g/mol. The first-order valence-corrected chi connectivity index (χ1v) is 6.53. The van der Waals surface area contributed by atoms with E-state index in [4.69, 9.17) is 4.74 Å². The molecular formula is C13H17N5O3. The smallest absolute Gasteiger partial charge is 0.330 e. The zero-order valence-corrected chi connectivity index (χ0v) is 11.9. The van der Waals surface area contributed by atoms with E-state index in [1.54, 1.807) is 17.9 Å². The number of hydrogen-bond acceptors (Lipinski definition) is 6. The maximum atomic E-state index is 11.4. The zero-order valence-electron chi connectivity index (χ0n) is 11.9. The van der Waals surface area contributed by atoms with Crippen LogP contribution in [-0.2, 0) is 11.8 Å². The highest BCUT2D eigenvalue weighted by Crippen LogP contribution is 2.19. The quantitative estimate of drug-likeness (QED) is 0.791. The topological polar surface area (TPSA) is 102 Å². The van der Waals surface area contributed by atoms with E-state index >= 15 is 0 Å².